The zero-order chi connectivity index (χ0) is 11.3. The van der Waals surface area contributed by atoms with E-state index in [1.165, 1.54) is 0 Å². The summed E-state index contributed by atoms with van der Waals surface area (Å²) in [4.78, 5) is 0. The molecule has 15 heavy (non-hydrogen) atoms. The zero-order valence-corrected chi connectivity index (χ0v) is 9.98. The van der Waals surface area contributed by atoms with Crippen LogP contribution in [0.1, 0.15) is 33.0 Å². The van der Waals surface area contributed by atoms with Gasteiger partial charge in [-0.3, -0.25) is 0 Å². The van der Waals surface area contributed by atoms with E-state index in [1.807, 2.05) is 0 Å². The molecule has 0 aliphatic heterocycles. The second-order valence-electron chi connectivity index (χ2n) is 4.47. The van der Waals surface area contributed by atoms with Crippen LogP contribution in [0.3, 0.4) is 0 Å². The van der Waals surface area contributed by atoms with Gasteiger partial charge in [-0.25, -0.2) is 0 Å². The van der Waals surface area contributed by atoms with Gasteiger partial charge in [0.1, 0.15) is 12.2 Å². The summed E-state index contributed by atoms with van der Waals surface area (Å²) in [7, 11) is 0. The average Bonchev–Trinajstić information content (AvgIpc) is 2.63. The van der Waals surface area contributed by atoms with Crippen molar-refractivity contribution in [1.29, 1.82) is 0 Å². The first-order valence-corrected chi connectivity index (χ1v) is 5.74. The van der Waals surface area contributed by atoms with E-state index >= 15 is 0 Å². The zero-order valence-electron chi connectivity index (χ0n) is 9.98. The maximum absolute atomic E-state index is 5.77. The van der Waals surface area contributed by atoms with Crippen LogP contribution in [0.5, 0.6) is 0 Å². The Bertz CT molecular complexity index is 280. The SMILES string of the molecule is CCn1cnnc1CC(CN)CC(C)C. The van der Waals surface area contributed by atoms with Crippen molar-refractivity contribution < 1.29 is 0 Å². The second-order valence-corrected chi connectivity index (χ2v) is 4.47. The van der Waals surface area contributed by atoms with Crippen molar-refractivity contribution in [3.05, 3.63) is 12.2 Å². The minimum absolute atomic E-state index is 0.527. The maximum atomic E-state index is 5.77. The summed E-state index contributed by atoms with van der Waals surface area (Å²) in [6.45, 7) is 8.23. The van der Waals surface area contributed by atoms with Gasteiger partial charge < -0.3 is 10.3 Å². The van der Waals surface area contributed by atoms with Gasteiger partial charge >= 0.3 is 0 Å². The van der Waals surface area contributed by atoms with Crippen molar-refractivity contribution in [3.63, 3.8) is 0 Å². The van der Waals surface area contributed by atoms with Crippen LogP contribution in [-0.2, 0) is 13.0 Å². The lowest BCUT2D eigenvalue weighted by atomic mass is 9.94. The molecule has 2 N–H and O–H groups in total. The predicted octanol–water partition coefficient (Wildman–Crippen LogP) is 1.46. The van der Waals surface area contributed by atoms with Gasteiger partial charge in [-0.05, 0) is 31.7 Å². The number of hydrogen-bond acceptors (Lipinski definition) is 3. The number of aromatic nitrogens is 3. The maximum Gasteiger partial charge on any atom is 0.133 e. The van der Waals surface area contributed by atoms with Gasteiger partial charge in [0.05, 0.1) is 0 Å². The lowest BCUT2D eigenvalue weighted by Gasteiger charge is -2.16. The largest absolute Gasteiger partial charge is 0.330 e. The van der Waals surface area contributed by atoms with E-state index in [0.29, 0.717) is 11.8 Å². The molecule has 0 aliphatic rings. The first-order chi connectivity index (χ1) is 7.17. The average molecular weight is 210 g/mol. The molecule has 1 atom stereocenters. The molecule has 0 bridgehead atoms. The Labute approximate surface area is 91.9 Å². The van der Waals surface area contributed by atoms with Crippen LogP contribution in [0.4, 0.5) is 0 Å². The van der Waals surface area contributed by atoms with E-state index in [9.17, 15) is 0 Å². The highest BCUT2D eigenvalue weighted by Crippen LogP contribution is 2.15. The minimum atomic E-state index is 0.527. The molecular weight excluding hydrogens is 188 g/mol. The summed E-state index contributed by atoms with van der Waals surface area (Å²) in [6, 6.07) is 0. The third kappa shape index (κ3) is 3.63. The minimum Gasteiger partial charge on any atom is -0.330 e. The first-order valence-electron chi connectivity index (χ1n) is 5.74. The molecule has 0 radical (unpaired) electrons. The van der Waals surface area contributed by atoms with Gasteiger partial charge in [-0.15, -0.1) is 10.2 Å². The third-order valence-electron chi connectivity index (χ3n) is 2.65. The molecule has 1 aromatic heterocycles. The highest BCUT2D eigenvalue weighted by atomic mass is 15.3. The Kier molecular flexibility index (Phi) is 4.75. The summed E-state index contributed by atoms with van der Waals surface area (Å²) >= 11 is 0. The van der Waals surface area contributed by atoms with Crippen molar-refractivity contribution in [2.75, 3.05) is 6.54 Å². The lowest BCUT2D eigenvalue weighted by molar-refractivity contribution is 0.403. The summed E-state index contributed by atoms with van der Waals surface area (Å²) in [5, 5.41) is 8.07. The summed E-state index contributed by atoms with van der Waals surface area (Å²) < 4.78 is 2.09. The lowest BCUT2D eigenvalue weighted by Crippen LogP contribution is -2.20. The molecule has 1 unspecified atom stereocenters. The van der Waals surface area contributed by atoms with Crippen LogP contribution in [0.25, 0.3) is 0 Å². The Morgan fingerprint density at radius 1 is 1.47 bits per heavy atom. The molecular formula is C11H22N4. The van der Waals surface area contributed by atoms with Crippen LogP contribution in [0.2, 0.25) is 0 Å². The smallest absolute Gasteiger partial charge is 0.133 e. The molecule has 4 heteroatoms. The predicted molar refractivity (Wildman–Crippen MR) is 61.4 cm³/mol. The number of rotatable bonds is 6. The normalized spacial score (nSPS) is 13.4. The number of hydrogen-bond donors (Lipinski definition) is 1. The second kappa shape index (κ2) is 5.85. The fraction of sp³-hybridized carbons (Fsp3) is 0.818. The topological polar surface area (TPSA) is 56.7 Å². The molecule has 0 amide bonds. The fourth-order valence-electron chi connectivity index (χ4n) is 1.89. The summed E-state index contributed by atoms with van der Waals surface area (Å²) in [6.07, 6.45) is 3.90. The molecule has 0 saturated carbocycles. The summed E-state index contributed by atoms with van der Waals surface area (Å²) in [5.41, 5.74) is 5.77. The number of nitrogens with zero attached hydrogens (tertiary/aromatic N) is 3. The van der Waals surface area contributed by atoms with Gasteiger partial charge in [-0.1, -0.05) is 13.8 Å². The van der Waals surface area contributed by atoms with Gasteiger partial charge in [0, 0.05) is 13.0 Å². The van der Waals surface area contributed by atoms with Crippen LogP contribution in [-0.4, -0.2) is 21.3 Å². The van der Waals surface area contributed by atoms with Crippen molar-refractivity contribution in [3.8, 4) is 0 Å². The van der Waals surface area contributed by atoms with Crippen molar-refractivity contribution >= 4 is 0 Å². The molecule has 0 aliphatic carbocycles. The molecule has 0 fully saturated rings. The van der Waals surface area contributed by atoms with Crippen molar-refractivity contribution in [2.24, 2.45) is 17.6 Å². The first kappa shape index (κ1) is 12.2. The van der Waals surface area contributed by atoms with Crippen molar-refractivity contribution in [2.45, 2.75) is 40.2 Å². The van der Waals surface area contributed by atoms with E-state index in [4.69, 9.17) is 5.73 Å². The van der Waals surface area contributed by atoms with Crippen molar-refractivity contribution in [1.82, 2.24) is 14.8 Å². The quantitative estimate of drug-likeness (QED) is 0.773. The molecule has 1 heterocycles. The Morgan fingerprint density at radius 2 is 2.20 bits per heavy atom. The molecule has 1 aromatic rings. The van der Waals surface area contributed by atoms with E-state index < -0.39 is 0 Å². The monoisotopic (exact) mass is 210 g/mol. The fourth-order valence-corrected chi connectivity index (χ4v) is 1.89. The highest BCUT2D eigenvalue weighted by molar-refractivity contribution is 4.88. The van der Waals surface area contributed by atoms with Crippen LogP contribution in [0.15, 0.2) is 6.33 Å². The number of aryl methyl sites for hydroxylation is 1. The molecule has 0 saturated heterocycles. The standard InChI is InChI=1S/C11H22N4/c1-4-15-8-13-14-11(15)6-10(7-12)5-9(2)3/h8-10H,4-7,12H2,1-3H3. The van der Waals surface area contributed by atoms with E-state index in [-0.39, 0.29) is 0 Å². The van der Waals surface area contributed by atoms with Crippen LogP contribution >= 0.6 is 0 Å². The molecule has 1 rings (SSSR count). The molecule has 4 nitrogen and oxygen atoms in total. The molecule has 86 valence electrons. The third-order valence-corrected chi connectivity index (χ3v) is 2.65. The van der Waals surface area contributed by atoms with Crippen LogP contribution in [0, 0.1) is 11.8 Å². The Morgan fingerprint density at radius 3 is 2.73 bits per heavy atom. The van der Waals surface area contributed by atoms with Gasteiger partial charge in [0.25, 0.3) is 0 Å². The van der Waals surface area contributed by atoms with Gasteiger partial charge in [0.2, 0.25) is 0 Å². The van der Waals surface area contributed by atoms with E-state index in [0.717, 1.165) is 31.8 Å². The van der Waals surface area contributed by atoms with Gasteiger partial charge in [0.15, 0.2) is 0 Å². The van der Waals surface area contributed by atoms with Crippen LogP contribution < -0.4 is 5.73 Å². The molecule has 0 spiro atoms. The highest BCUT2D eigenvalue weighted by Gasteiger charge is 2.13. The Balaban J connectivity index is 2.58. The van der Waals surface area contributed by atoms with Gasteiger partial charge in [-0.2, -0.15) is 0 Å². The number of nitrogens with two attached hydrogens (primary N) is 1. The summed E-state index contributed by atoms with van der Waals surface area (Å²) in [5.74, 6) is 2.28. The molecule has 0 aromatic carbocycles. The Hall–Kier alpha value is -0.900. The van der Waals surface area contributed by atoms with E-state index in [1.54, 1.807) is 6.33 Å². The van der Waals surface area contributed by atoms with E-state index in [2.05, 4.69) is 35.5 Å².